The van der Waals surface area contributed by atoms with Crippen molar-refractivity contribution in [2.45, 2.75) is 20.3 Å². The molecule has 0 spiro atoms. The summed E-state index contributed by atoms with van der Waals surface area (Å²) in [6.07, 6.45) is 2.49. The Hall–Kier alpha value is -3.36. The maximum Gasteiger partial charge on any atom is 0.282 e. The van der Waals surface area contributed by atoms with Gasteiger partial charge in [0.1, 0.15) is 23.7 Å². The molecule has 0 radical (unpaired) electrons. The van der Waals surface area contributed by atoms with Gasteiger partial charge in [-0.2, -0.15) is 0 Å². The number of amides is 2. The zero-order valence-corrected chi connectivity index (χ0v) is 19.7. The van der Waals surface area contributed by atoms with E-state index in [0.717, 1.165) is 50.6 Å². The fourth-order valence-electron chi connectivity index (χ4n) is 3.94. The Bertz CT molecular complexity index is 1050. The van der Waals surface area contributed by atoms with E-state index < -0.39 is 11.8 Å². The first kappa shape index (κ1) is 23.8. The summed E-state index contributed by atoms with van der Waals surface area (Å²) in [4.78, 5) is 28.0. The zero-order valence-electron chi connectivity index (χ0n) is 19.7. The number of anilines is 1. The van der Waals surface area contributed by atoms with Gasteiger partial charge in [0.25, 0.3) is 11.8 Å². The molecule has 0 bridgehead atoms. The van der Waals surface area contributed by atoms with Gasteiger partial charge in [0.2, 0.25) is 0 Å². The number of carbonyl (C=O) groups is 2. The topological polar surface area (TPSA) is 80.3 Å². The quantitative estimate of drug-likeness (QED) is 0.453. The van der Waals surface area contributed by atoms with Gasteiger partial charge in [-0.15, -0.1) is 0 Å². The van der Waals surface area contributed by atoms with Gasteiger partial charge in [-0.25, -0.2) is 5.01 Å². The molecule has 2 fully saturated rings. The molecule has 1 N–H and O–H groups in total. The molecular formula is C26H31N3O5. The van der Waals surface area contributed by atoms with E-state index in [1.807, 2.05) is 37.3 Å². The smallest absolute Gasteiger partial charge is 0.282 e. The molecule has 2 saturated heterocycles. The van der Waals surface area contributed by atoms with Crippen LogP contribution in [0.25, 0.3) is 6.08 Å². The van der Waals surface area contributed by atoms with Crippen molar-refractivity contribution in [3.8, 4) is 11.5 Å². The van der Waals surface area contributed by atoms with Crippen molar-refractivity contribution in [2.24, 2.45) is 0 Å². The van der Waals surface area contributed by atoms with Gasteiger partial charge in [-0.3, -0.25) is 19.9 Å². The molecule has 8 nitrogen and oxygen atoms in total. The first-order valence-corrected chi connectivity index (χ1v) is 11.7. The standard InChI is InChI=1S/C26H31N3O5/c1-3-14-33-23-10-9-20(24(19(23)2)34-17-13-28-11-15-32-16-12-28)18-22-25(30)27-29(26(22)31)21-7-5-4-6-8-21/h4-10,18H,3,11-17H2,1-2H3,(H,27,30). The van der Waals surface area contributed by atoms with Crippen LogP contribution in [0.1, 0.15) is 24.5 Å². The van der Waals surface area contributed by atoms with Crippen LogP contribution in [0.3, 0.4) is 0 Å². The highest BCUT2D eigenvalue weighted by molar-refractivity contribution is 6.31. The van der Waals surface area contributed by atoms with Crippen molar-refractivity contribution in [3.63, 3.8) is 0 Å². The third-order valence-corrected chi connectivity index (χ3v) is 5.81. The Balaban J connectivity index is 1.59. The molecule has 2 aromatic carbocycles. The Morgan fingerprint density at radius 3 is 2.53 bits per heavy atom. The number of ether oxygens (including phenoxy) is 3. The van der Waals surface area contributed by atoms with E-state index in [-0.39, 0.29) is 5.57 Å². The van der Waals surface area contributed by atoms with E-state index in [2.05, 4.69) is 17.2 Å². The molecule has 2 amide bonds. The van der Waals surface area contributed by atoms with E-state index >= 15 is 0 Å². The molecule has 4 rings (SSSR count). The number of benzene rings is 2. The van der Waals surface area contributed by atoms with Crippen LogP contribution in [0.5, 0.6) is 11.5 Å². The van der Waals surface area contributed by atoms with Crippen LogP contribution < -0.4 is 19.9 Å². The van der Waals surface area contributed by atoms with Crippen molar-refractivity contribution in [2.75, 3.05) is 51.1 Å². The third-order valence-electron chi connectivity index (χ3n) is 5.81. The van der Waals surface area contributed by atoms with Crippen molar-refractivity contribution in [1.82, 2.24) is 10.3 Å². The molecule has 0 unspecified atom stereocenters. The molecular weight excluding hydrogens is 434 g/mol. The minimum Gasteiger partial charge on any atom is -0.493 e. The van der Waals surface area contributed by atoms with E-state index in [0.29, 0.717) is 30.2 Å². The number of hydrogen-bond acceptors (Lipinski definition) is 6. The van der Waals surface area contributed by atoms with E-state index in [1.54, 1.807) is 18.2 Å². The van der Waals surface area contributed by atoms with Crippen LogP contribution in [-0.2, 0) is 14.3 Å². The first-order chi connectivity index (χ1) is 16.6. The summed E-state index contributed by atoms with van der Waals surface area (Å²) in [5.74, 6) is 0.503. The summed E-state index contributed by atoms with van der Waals surface area (Å²) >= 11 is 0. The highest BCUT2D eigenvalue weighted by Crippen LogP contribution is 2.34. The molecule has 34 heavy (non-hydrogen) atoms. The van der Waals surface area contributed by atoms with Crippen molar-refractivity contribution >= 4 is 23.6 Å². The van der Waals surface area contributed by atoms with Crippen LogP contribution in [0.4, 0.5) is 5.69 Å². The lowest BCUT2D eigenvalue weighted by atomic mass is 10.0. The van der Waals surface area contributed by atoms with Crippen molar-refractivity contribution < 1.29 is 23.8 Å². The van der Waals surface area contributed by atoms with Gasteiger partial charge < -0.3 is 14.2 Å². The summed E-state index contributed by atoms with van der Waals surface area (Å²) in [5, 5.41) is 1.26. The number of nitrogens with zero attached hydrogens (tertiary/aromatic N) is 2. The molecule has 0 aliphatic carbocycles. The predicted molar refractivity (Wildman–Crippen MR) is 130 cm³/mol. The summed E-state index contributed by atoms with van der Waals surface area (Å²) in [6, 6.07) is 12.7. The van der Waals surface area contributed by atoms with Crippen LogP contribution in [0.2, 0.25) is 0 Å². The molecule has 2 aliphatic rings. The minimum atomic E-state index is -0.447. The molecule has 180 valence electrons. The average Bonchev–Trinajstić information content (AvgIpc) is 3.14. The second-order valence-electron chi connectivity index (χ2n) is 8.23. The number of nitrogens with one attached hydrogen (secondary N) is 1. The summed E-state index contributed by atoms with van der Waals surface area (Å²) in [5.41, 5.74) is 4.81. The van der Waals surface area contributed by atoms with Gasteiger partial charge in [0, 0.05) is 30.8 Å². The Morgan fingerprint density at radius 1 is 1.03 bits per heavy atom. The normalized spacial score (nSPS) is 17.8. The summed E-state index contributed by atoms with van der Waals surface area (Å²) < 4.78 is 17.5. The number of hydrazine groups is 1. The molecule has 2 heterocycles. The lowest BCUT2D eigenvalue weighted by Crippen LogP contribution is -2.38. The maximum absolute atomic E-state index is 13.0. The van der Waals surface area contributed by atoms with E-state index in [1.165, 1.54) is 5.01 Å². The molecule has 2 aliphatic heterocycles. The predicted octanol–water partition coefficient (Wildman–Crippen LogP) is 2.96. The second kappa shape index (κ2) is 11.2. The number of hydrogen-bond donors (Lipinski definition) is 1. The first-order valence-electron chi connectivity index (χ1n) is 11.7. The van der Waals surface area contributed by atoms with Crippen LogP contribution >= 0.6 is 0 Å². The summed E-state index contributed by atoms with van der Waals surface area (Å²) in [6.45, 7) is 9.04. The van der Waals surface area contributed by atoms with E-state index in [9.17, 15) is 9.59 Å². The number of para-hydroxylation sites is 1. The van der Waals surface area contributed by atoms with Crippen molar-refractivity contribution in [3.05, 3.63) is 59.2 Å². The number of morpholine rings is 1. The lowest BCUT2D eigenvalue weighted by Gasteiger charge is -2.26. The second-order valence-corrected chi connectivity index (χ2v) is 8.23. The largest absolute Gasteiger partial charge is 0.493 e. The third kappa shape index (κ3) is 5.40. The van der Waals surface area contributed by atoms with Crippen molar-refractivity contribution in [1.29, 1.82) is 0 Å². The Labute approximate surface area is 200 Å². The van der Waals surface area contributed by atoms with Crippen LogP contribution in [0, 0.1) is 6.92 Å². The fourth-order valence-corrected chi connectivity index (χ4v) is 3.94. The average molecular weight is 466 g/mol. The van der Waals surface area contributed by atoms with Gasteiger partial charge >= 0.3 is 0 Å². The molecule has 0 aromatic heterocycles. The SMILES string of the molecule is CCCOc1ccc(C=C2C(=O)NN(c3ccccc3)C2=O)c(OCCN2CCOCC2)c1C. The highest BCUT2D eigenvalue weighted by Gasteiger charge is 2.34. The number of rotatable bonds is 9. The lowest BCUT2D eigenvalue weighted by molar-refractivity contribution is -0.117. The zero-order chi connectivity index (χ0) is 23.9. The minimum absolute atomic E-state index is 0.0588. The van der Waals surface area contributed by atoms with Crippen LogP contribution in [-0.4, -0.2) is 62.8 Å². The number of carbonyl (C=O) groups excluding carboxylic acids is 2. The van der Waals surface area contributed by atoms with Gasteiger partial charge in [-0.05, 0) is 43.7 Å². The van der Waals surface area contributed by atoms with E-state index in [4.69, 9.17) is 14.2 Å². The van der Waals surface area contributed by atoms with Gasteiger partial charge in [0.05, 0.1) is 25.5 Å². The van der Waals surface area contributed by atoms with Gasteiger partial charge in [0.15, 0.2) is 0 Å². The molecule has 8 heteroatoms. The fraction of sp³-hybridized carbons (Fsp3) is 0.385. The maximum atomic E-state index is 13.0. The van der Waals surface area contributed by atoms with Crippen LogP contribution in [0.15, 0.2) is 48.0 Å². The highest BCUT2D eigenvalue weighted by atomic mass is 16.5. The molecule has 0 saturated carbocycles. The Kier molecular flexibility index (Phi) is 7.82. The summed E-state index contributed by atoms with van der Waals surface area (Å²) in [7, 11) is 0. The molecule has 0 atom stereocenters. The monoisotopic (exact) mass is 465 g/mol. The molecule has 2 aromatic rings. The Morgan fingerprint density at radius 2 is 1.79 bits per heavy atom. The van der Waals surface area contributed by atoms with Gasteiger partial charge in [-0.1, -0.05) is 25.1 Å².